The van der Waals surface area contributed by atoms with E-state index < -0.39 is 0 Å². The van der Waals surface area contributed by atoms with Crippen LogP contribution < -0.4 is 10.1 Å². The van der Waals surface area contributed by atoms with Gasteiger partial charge in [-0.3, -0.25) is 0 Å². The molecule has 1 aromatic carbocycles. The first-order valence-corrected chi connectivity index (χ1v) is 12.5. The molecular formula is C27H30FN3O3. The summed E-state index contributed by atoms with van der Waals surface area (Å²) in [5.41, 5.74) is 2.67. The zero-order chi connectivity index (χ0) is 23.3. The van der Waals surface area contributed by atoms with Crippen molar-refractivity contribution in [2.45, 2.75) is 70.4 Å². The van der Waals surface area contributed by atoms with Crippen LogP contribution >= 0.6 is 0 Å². The van der Waals surface area contributed by atoms with Crippen LogP contribution in [0.5, 0.6) is 6.01 Å². The Hall–Kier alpha value is -2.70. The fourth-order valence-electron chi connectivity index (χ4n) is 7.91. The molecule has 5 aliphatic rings. The first-order chi connectivity index (χ1) is 16.3. The molecule has 4 unspecified atom stereocenters. The van der Waals surface area contributed by atoms with Gasteiger partial charge in [-0.25, -0.2) is 19.2 Å². The lowest BCUT2D eigenvalue weighted by atomic mass is 9.81. The zero-order valence-corrected chi connectivity index (χ0v) is 19.7. The summed E-state index contributed by atoms with van der Waals surface area (Å²) in [6.07, 6.45) is 10.8. The fraction of sp³-hybridized carbons (Fsp3) is 0.593. The number of benzene rings is 1. The molecule has 34 heavy (non-hydrogen) atoms. The van der Waals surface area contributed by atoms with E-state index in [4.69, 9.17) is 9.47 Å². The molecule has 178 valence electrons. The molecule has 0 radical (unpaired) electrons. The SMILES string of the molecule is Cc1ccc(-c2cnc(OC[C@@H]3CC45CCC6(C3)C(NC(=O)OC3(C)CC3)C46C5)nc2)c(F)c1. The summed E-state index contributed by atoms with van der Waals surface area (Å²) in [6.45, 7) is 4.45. The van der Waals surface area contributed by atoms with Crippen LogP contribution in [0.4, 0.5) is 9.18 Å². The van der Waals surface area contributed by atoms with Gasteiger partial charge in [0.05, 0.1) is 6.61 Å². The number of ether oxygens (including phenoxy) is 2. The molecule has 7 heteroatoms. The highest BCUT2D eigenvalue weighted by Gasteiger charge is 2.97. The minimum absolute atomic E-state index is 0.219. The lowest BCUT2D eigenvalue weighted by Crippen LogP contribution is -2.34. The third-order valence-corrected chi connectivity index (χ3v) is 9.74. The van der Waals surface area contributed by atoms with Crippen LogP contribution in [0.2, 0.25) is 0 Å². The molecule has 5 fully saturated rings. The average molecular weight is 464 g/mol. The Balaban J connectivity index is 0.995. The first kappa shape index (κ1) is 20.7. The number of amides is 1. The largest absolute Gasteiger partial charge is 0.463 e. The van der Waals surface area contributed by atoms with Crippen molar-refractivity contribution in [1.82, 2.24) is 15.3 Å². The van der Waals surface area contributed by atoms with Gasteiger partial charge in [0.25, 0.3) is 0 Å². The number of rotatable bonds is 6. The van der Waals surface area contributed by atoms with E-state index >= 15 is 0 Å². The highest BCUT2D eigenvalue weighted by Crippen LogP contribution is 2.98. The van der Waals surface area contributed by atoms with E-state index in [1.807, 2.05) is 19.9 Å². The highest BCUT2D eigenvalue weighted by atomic mass is 19.1. The molecule has 5 saturated carbocycles. The summed E-state index contributed by atoms with van der Waals surface area (Å²) in [7, 11) is 0. The number of aromatic nitrogens is 2. The van der Waals surface area contributed by atoms with E-state index in [0.717, 1.165) is 31.2 Å². The van der Waals surface area contributed by atoms with Crippen LogP contribution in [0.25, 0.3) is 11.1 Å². The molecule has 6 nitrogen and oxygen atoms in total. The van der Waals surface area contributed by atoms with Crippen LogP contribution in [-0.2, 0) is 4.74 Å². The third kappa shape index (κ3) is 2.75. The van der Waals surface area contributed by atoms with Crippen molar-refractivity contribution in [3.05, 3.63) is 42.0 Å². The quantitative estimate of drug-likeness (QED) is 0.638. The molecule has 2 bridgehead atoms. The normalized spacial score (nSPS) is 37.3. The van der Waals surface area contributed by atoms with Crippen LogP contribution in [0, 0.1) is 34.9 Å². The van der Waals surface area contributed by atoms with Crippen molar-refractivity contribution in [3.63, 3.8) is 0 Å². The van der Waals surface area contributed by atoms with E-state index in [1.54, 1.807) is 18.5 Å². The Bertz CT molecular complexity index is 1200. The summed E-state index contributed by atoms with van der Waals surface area (Å²) < 4.78 is 25.9. The second-order valence-corrected chi connectivity index (χ2v) is 11.8. The van der Waals surface area contributed by atoms with Crippen molar-refractivity contribution in [3.8, 4) is 17.1 Å². The van der Waals surface area contributed by atoms with Gasteiger partial charge in [-0.2, -0.15) is 0 Å². The molecule has 2 aromatic rings. The van der Waals surface area contributed by atoms with Gasteiger partial charge in [-0.05, 0) is 87.2 Å². The number of alkyl carbamates (subject to hydrolysis) is 1. The monoisotopic (exact) mass is 463 g/mol. The van der Waals surface area contributed by atoms with Crippen molar-refractivity contribution < 1.29 is 18.7 Å². The number of aryl methyl sites for hydroxylation is 1. The number of nitrogens with one attached hydrogen (secondary N) is 1. The molecule has 1 heterocycles. The van der Waals surface area contributed by atoms with Gasteiger partial charge < -0.3 is 14.8 Å². The van der Waals surface area contributed by atoms with Crippen molar-refractivity contribution in [2.24, 2.45) is 22.2 Å². The minimum Gasteiger partial charge on any atom is -0.463 e. The Morgan fingerprint density at radius 2 is 1.97 bits per heavy atom. The van der Waals surface area contributed by atoms with Gasteiger partial charge in [0.15, 0.2) is 0 Å². The van der Waals surface area contributed by atoms with E-state index in [2.05, 4.69) is 15.3 Å². The van der Waals surface area contributed by atoms with Gasteiger partial charge in [0.2, 0.25) is 0 Å². The average Bonchev–Trinajstić information content (AvgIpc) is 3.74. The summed E-state index contributed by atoms with van der Waals surface area (Å²) >= 11 is 0. The molecule has 1 aromatic heterocycles. The van der Waals surface area contributed by atoms with E-state index in [0.29, 0.717) is 40.5 Å². The van der Waals surface area contributed by atoms with Crippen LogP contribution in [-0.4, -0.2) is 34.3 Å². The highest BCUT2D eigenvalue weighted by molar-refractivity contribution is 5.71. The Morgan fingerprint density at radius 3 is 2.71 bits per heavy atom. The first-order valence-electron chi connectivity index (χ1n) is 12.5. The minimum atomic E-state index is -0.274. The number of nitrogens with zero attached hydrogens (tertiary/aromatic N) is 2. The van der Waals surface area contributed by atoms with E-state index in [-0.39, 0.29) is 29.0 Å². The lowest BCUT2D eigenvalue weighted by molar-refractivity contribution is 0.0911. The maximum atomic E-state index is 14.3. The molecule has 1 N–H and O–H groups in total. The summed E-state index contributed by atoms with van der Waals surface area (Å²) in [6, 6.07) is 5.73. The van der Waals surface area contributed by atoms with Crippen LogP contribution in [0.15, 0.2) is 30.6 Å². The zero-order valence-electron chi connectivity index (χ0n) is 19.7. The Labute approximate surface area is 198 Å². The summed E-state index contributed by atoms with van der Waals surface area (Å²) in [5, 5.41) is 3.26. The van der Waals surface area contributed by atoms with E-state index in [9.17, 15) is 9.18 Å². The standard InChI is InChI=1S/C27H30FN3O3/c1-16-3-4-19(20(28)9-16)18-12-29-22(30-13-18)33-14-17-10-25-7-8-26(11-17)21(27(25,26)15-25)31-23(32)34-24(2)5-6-24/h3-4,9,12-13,17,21H,5-8,10-11,14-15H2,1-2H3,(H,31,32)/t17-,21?,25?,26?,27?/m1/s1. The predicted molar refractivity (Wildman–Crippen MR) is 123 cm³/mol. The maximum Gasteiger partial charge on any atom is 0.407 e. The van der Waals surface area contributed by atoms with Crippen molar-refractivity contribution >= 4 is 6.09 Å². The van der Waals surface area contributed by atoms with Crippen molar-refractivity contribution in [1.29, 1.82) is 0 Å². The second-order valence-electron chi connectivity index (χ2n) is 11.8. The molecular weight excluding hydrogens is 433 g/mol. The topological polar surface area (TPSA) is 73.3 Å². The smallest absolute Gasteiger partial charge is 0.407 e. The van der Waals surface area contributed by atoms with Gasteiger partial charge in [0.1, 0.15) is 11.4 Å². The molecule has 7 rings (SSSR count). The molecule has 0 aliphatic heterocycles. The second kappa shape index (κ2) is 6.49. The number of halogens is 1. The molecule has 1 amide bonds. The van der Waals surface area contributed by atoms with E-state index in [1.165, 1.54) is 25.3 Å². The Morgan fingerprint density at radius 1 is 1.18 bits per heavy atom. The van der Waals surface area contributed by atoms with Crippen molar-refractivity contribution in [2.75, 3.05) is 6.61 Å². The van der Waals surface area contributed by atoms with Crippen LogP contribution in [0.3, 0.4) is 0 Å². The lowest BCUT2D eigenvalue weighted by Gasteiger charge is -2.26. The number of carbonyl (C=O) groups excluding carboxylic acids is 1. The van der Waals surface area contributed by atoms with Gasteiger partial charge >= 0.3 is 12.1 Å². The van der Waals surface area contributed by atoms with Gasteiger partial charge in [-0.15, -0.1) is 0 Å². The molecule has 5 atom stereocenters. The number of hydrogen-bond donors (Lipinski definition) is 1. The maximum absolute atomic E-state index is 14.3. The molecule has 1 spiro atoms. The molecule has 0 saturated heterocycles. The van der Waals surface area contributed by atoms with Crippen LogP contribution in [0.1, 0.15) is 57.4 Å². The number of hydrogen-bond acceptors (Lipinski definition) is 5. The fourth-order valence-corrected chi connectivity index (χ4v) is 7.91. The summed E-state index contributed by atoms with van der Waals surface area (Å²) in [5.74, 6) is 0.156. The summed E-state index contributed by atoms with van der Waals surface area (Å²) in [4.78, 5) is 21.1. The van der Waals surface area contributed by atoms with Gasteiger partial charge in [-0.1, -0.05) is 12.1 Å². The predicted octanol–water partition coefficient (Wildman–Crippen LogP) is 5.20. The third-order valence-electron chi connectivity index (χ3n) is 9.74. The number of carbonyl (C=O) groups is 1. The molecule has 5 aliphatic carbocycles. The van der Waals surface area contributed by atoms with Gasteiger partial charge in [0, 0.05) is 35.0 Å². The Kier molecular flexibility index (Phi) is 3.94.